The van der Waals surface area contributed by atoms with Crippen LogP contribution < -0.4 is 0 Å². The molecule has 12 aromatic rings. The second kappa shape index (κ2) is 15.6. The molecule has 0 amide bonds. The van der Waals surface area contributed by atoms with E-state index in [9.17, 15) is 15.8 Å². The van der Waals surface area contributed by atoms with E-state index < -0.39 is 0 Å². The zero-order chi connectivity index (χ0) is 46.2. The van der Waals surface area contributed by atoms with E-state index in [4.69, 9.17) is 15.0 Å². The Bertz CT molecular complexity index is 4260. The average Bonchev–Trinajstić information content (AvgIpc) is 4.07. The number of para-hydroxylation sites is 5. The van der Waals surface area contributed by atoms with Gasteiger partial charge in [0.25, 0.3) is 0 Å². The van der Waals surface area contributed by atoms with Crippen LogP contribution in [0.5, 0.6) is 0 Å². The van der Waals surface area contributed by atoms with Gasteiger partial charge in [0.1, 0.15) is 18.2 Å². The molecule has 1 aliphatic rings. The fourth-order valence-corrected chi connectivity index (χ4v) is 10.5. The Labute approximate surface area is 395 Å². The van der Waals surface area contributed by atoms with E-state index in [0.29, 0.717) is 45.4 Å². The summed E-state index contributed by atoms with van der Waals surface area (Å²) >= 11 is 0. The molecule has 0 spiro atoms. The van der Waals surface area contributed by atoms with Crippen molar-refractivity contribution in [3.8, 4) is 58.0 Å². The summed E-state index contributed by atoms with van der Waals surface area (Å²) in [5.74, 6) is 1.59. The maximum absolute atomic E-state index is 11.3. The zero-order valence-corrected chi connectivity index (χ0v) is 36.8. The van der Waals surface area contributed by atoms with Crippen molar-refractivity contribution in [1.29, 1.82) is 15.8 Å². The number of fused-ring (bicyclic) bond motifs is 12. The molecule has 9 nitrogen and oxygen atoms in total. The van der Waals surface area contributed by atoms with E-state index in [2.05, 4.69) is 105 Å². The van der Waals surface area contributed by atoms with Gasteiger partial charge >= 0.3 is 0 Å². The molecule has 0 saturated carbocycles. The summed E-state index contributed by atoms with van der Waals surface area (Å²) in [5, 5.41) is 38.6. The quantitative estimate of drug-likeness (QED) is 0.164. The summed E-state index contributed by atoms with van der Waals surface area (Å²) in [4.78, 5) is 15.0. The Morgan fingerprint density at radius 3 is 1.32 bits per heavy atom. The minimum Gasteiger partial charge on any atom is -0.307 e. The van der Waals surface area contributed by atoms with Gasteiger partial charge in [-0.05, 0) is 73.5 Å². The molecule has 0 bridgehead atoms. The molecule has 8 aromatic carbocycles. The Balaban J connectivity index is 1.20. The van der Waals surface area contributed by atoms with Gasteiger partial charge in [0.15, 0.2) is 17.5 Å². The molecule has 0 fully saturated rings. The molecule has 0 unspecified atom stereocenters. The predicted octanol–water partition coefficient (Wildman–Crippen LogP) is 13.8. The van der Waals surface area contributed by atoms with Crippen molar-refractivity contribution < 1.29 is 0 Å². The molecular weight excluding hydrogens is 847 g/mol. The first-order valence-corrected chi connectivity index (χ1v) is 22.8. The van der Waals surface area contributed by atoms with Crippen molar-refractivity contribution in [2.75, 3.05) is 0 Å². The summed E-state index contributed by atoms with van der Waals surface area (Å²) in [6.45, 7) is 0. The molecule has 0 saturated heterocycles. The molecule has 13 rings (SSSR count). The summed E-state index contributed by atoms with van der Waals surface area (Å²) in [6.07, 6.45) is 8.22. The highest BCUT2D eigenvalue weighted by atomic mass is 15.1. The van der Waals surface area contributed by atoms with E-state index in [1.807, 2.05) is 115 Å². The van der Waals surface area contributed by atoms with Crippen molar-refractivity contribution in [3.05, 3.63) is 211 Å². The van der Waals surface area contributed by atoms with Gasteiger partial charge in [0.05, 0.1) is 66.9 Å². The van der Waals surface area contributed by atoms with Crippen molar-refractivity contribution in [2.24, 2.45) is 0 Å². The summed E-state index contributed by atoms with van der Waals surface area (Å²) in [7, 11) is 0. The van der Waals surface area contributed by atoms with E-state index in [1.165, 1.54) is 0 Å². The molecule has 4 heterocycles. The standard InChI is InChI=1S/C60H35N9/c61-34-40-21-7-12-26-46(40)67-49-28-14-9-23-43(49)52-55-53(44-24-10-15-29-50(44)68(55)47-27-13-8-22-41(47)35-62)57-54(56(52)67)45-25-11-16-30-51(45)69(57)48-32-31-39(33-42(48)36-63)60-65-58(37-17-3-1-4-18-37)64-59(66-60)38-19-5-2-6-20-38/h1,3-5,7-33H,2,6H2. The molecule has 1 aliphatic carbocycles. The monoisotopic (exact) mass is 881 g/mol. The largest absolute Gasteiger partial charge is 0.307 e. The molecule has 69 heavy (non-hydrogen) atoms. The first-order chi connectivity index (χ1) is 34.1. The van der Waals surface area contributed by atoms with Crippen molar-refractivity contribution in [2.45, 2.75) is 12.8 Å². The molecule has 0 aliphatic heterocycles. The lowest BCUT2D eigenvalue weighted by molar-refractivity contribution is 1.01. The van der Waals surface area contributed by atoms with Crippen LogP contribution in [0.25, 0.3) is 111 Å². The lowest BCUT2D eigenvalue weighted by Crippen LogP contribution is -2.04. The number of aromatic nitrogens is 6. The van der Waals surface area contributed by atoms with Crippen LogP contribution in [0.2, 0.25) is 0 Å². The Kier molecular flexibility index (Phi) is 8.95. The van der Waals surface area contributed by atoms with Gasteiger partial charge in [-0.3, -0.25) is 0 Å². The molecule has 9 heteroatoms. The van der Waals surface area contributed by atoms with Crippen LogP contribution in [-0.4, -0.2) is 28.7 Å². The number of hydrogen-bond acceptors (Lipinski definition) is 6. The van der Waals surface area contributed by atoms with Crippen molar-refractivity contribution in [3.63, 3.8) is 0 Å². The Morgan fingerprint density at radius 2 is 0.826 bits per heavy atom. The number of nitrogens with zero attached hydrogens (tertiary/aromatic N) is 9. The Morgan fingerprint density at radius 1 is 0.391 bits per heavy atom. The Hall–Kier alpha value is -9.88. The maximum atomic E-state index is 11.3. The van der Waals surface area contributed by atoms with Crippen LogP contribution >= 0.6 is 0 Å². The highest BCUT2D eigenvalue weighted by molar-refractivity contribution is 6.40. The molecule has 0 atom stereocenters. The van der Waals surface area contributed by atoms with Crippen LogP contribution in [0, 0.1) is 34.0 Å². The maximum Gasteiger partial charge on any atom is 0.164 e. The van der Waals surface area contributed by atoms with Crippen molar-refractivity contribution in [1.82, 2.24) is 28.7 Å². The van der Waals surface area contributed by atoms with Gasteiger partial charge in [-0.2, -0.15) is 15.8 Å². The molecule has 0 radical (unpaired) electrons. The van der Waals surface area contributed by atoms with Gasteiger partial charge < -0.3 is 13.7 Å². The normalized spacial score (nSPS) is 12.5. The third-order valence-corrected chi connectivity index (χ3v) is 13.4. The van der Waals surface area contributed by atoms with E-state index >= 15 is 0 Å². The first kappa shape index (κ1) is 39.5. The summed E-state index contributed by atoms with van der Waals surface area (Å²) < 4.78 is 6.69. The fourth-order valence-electron chi connectivity index (χ4n) is 10.5. The number of hydrogen-bond donors (Lipinski definition) is 0. The van der Waals surface area contributed by atoms with E-state index in [1.54, 1.807) is 0 Å². The van der Waals surface area contributed by atoms with E-state index in [-0.39, 0.29) is 0 Å². The second-order valence-corrected chi connectivity index (χ2v) is 17.1. The van der Waals surface area contributed by atoms with Crippen LogP contribution in [0.15, 0.2) is 188 Å². The smallest absolute Gasteiger partial charge is 0.164 e. The average molecular weight is 882 g/mol. The van der Waals surface area contributed by atoms with E-state index in [0.717, 1.165) is 101 Å². The minimum absolute atomic E-state index is 0.428. The lowest BCUT2D eigenvalue weighted by atomic mass is 10.0. The third kappa shape index (κ3) is 5.90. The molecular formula is C60H35N9. The van der Waals surface area contributed by atoms with Crippen LogP contribution in [-0.2, 0) is 0 Å². The SMILES string of the molecule is N#Cc1ccccc1-n1c2ccccc2c2c1c1c3ccccc3n(-c3ccc(-c4nc(C5=CCCC=C5)nc(-c5ccccc5)n4)cc3C#N)c1c1c3ccccc3n(-c3ccccc3C#N)c21. The predicted molar refractivity (Wildman–Crippen MR) is 274 cm³/mol. The zero-order valence-electron chi connectivity index (χ0n) is 36.8. The van der Waals surface area contributed by atoms with Gasteiger partial charge in [0.2, 0.25) is 0 Å². The third-order valence-electron chi connectivity index (χ3n) is 13.4. The number of nitriles is 3. The summed E-state index contributed by atoms with van der Waals surface area (Å²) in [5.41, 5.74) is 11.6. The number of benzene rings is 8. The molecule has 320 valence electrons. The first-order valence-electron chi connectivity index (χ1n) is 22.8. The van der Waals surface area contributed by atoms with Crippen LogP contribution in [0.1, 0.15) is 35.4 Å². The topological polar surface area (TPSA) is 125 Å². The van der Waals surface area contributed by atoms with Gasteiger partial charge in [-0.1, -0.05) is 127 Å². The lowest BCUT2D eigenvalue weighted by Gasteiger charge is -2.15. The minimum atomic E-state index is 0.428. The summed E-state index contributed by atoms with van der Waals surface area (Å²) in [6, 6.07) is 63.8. The van der Waals surface area contributed by atoms with Crippen LogP contribution in [0.3, 0.4) is 0 Å². The molecule has 0 N–H and O–H groups in total. The van der Waals surface area contributed by atoms with Gasteiger partial charge in [-0.25, -0.2) is 15.0 Å². The van der Waals surface area contributed by atoms with Gasteiger partial charge in [0, 0.05) is 49.0 Å². The highest BCUT2D eigenvalue weighted by Crippen LogP contribution is 2.51. The van der Waals surface area contributed by atoms with Crippen LogP contribution in [0.4, 0.5) is 0 Å². The highest BCUT2D eigenvalue weighted by Gasteiger charge is 2.30. The number of allylic oxidation sites excluding steroid dienone is 4. The second-order valence-electron chi connectivity index (χ2n) is 17.1. The van der Waals surface area contributed by atoms with Crippen molar-refractivity contribution >= 4 is 71.0 Å². The van der Waals surface area contributed by atoms with Gasteiger partial charge in [-0.15, -0.1) is 0 Å². The number of rotatable bonds is 6. The fraction of sp³-hybridized carbons (Fsp3) is 0.0333. The molecule has 4 aromatic heterocycles.